The van der Waals surface area contributed by atoms with Crippen molar-refractivity contribution in [3.8, 4) is 16.9 Å². The maximum Gasteiger partial charge on any atom is 0.121 e. The van der Waals surface area contributed by atoms with E-state index in [0.717, 1.165) is 22.6 Å². The lowest BCUT2D eigenvalue weighted by Gasteiger charge is -2.07. The lowest BCUT2D eigenvalue weighted by atomic mass is 10.0. The van der Waals surface area contributed by atoms with Crippen LogP contribution in [-0.4, -0.2) is 12.1 Å². The van der Waals surface area contributed by atoms with Crippen LogP contribution < -0.4 is 4.74 Å². The number of aryl methyl sites for hydroxylation is 2. The molecule has 0 radical (unpaired) electrons. The van der Waals surface area contributed by atoms with Crippen LogP contribution in [0, 0.1) is 13.8 Å². The zero-order chi connectivity index (χ0) is 11.5. The lowest BCUT2D eigenvalue weighted by molar-refractivity contribution is 0.412. The van der Waals surface area contributed by atoms with Crippen molar-refractivity contribution in [3.05, 3.63) is 47.8 Å². The van der Waals surface area contributed by atoms with Gasteiger partial charge in [-0.05, 0) is 43.2 Å². The number of ether oxygens (including phenoxy) is 1. The molecule has 2 heteroatoms. The molecule has 0 unspecified atom stereocenters. The summed E-state index contributed by atoms with van der Waals surface area (Å²) in [5.41, 5.74) is 4.48. The summed E-state index contributed by atoms with van der Waals surface area (Å²) in [6.07, 6.45) is 1.90. The topological polar surface area (TPSA) is 22.1 Å². The Morgan fingerprint density at radius 1 is 1.00 bits per heavy atom. The van der Waals surface area contributed by atoms with Gasteiger partial charge in [-0.2, -0.15) is 0 Å². The van der Waals surface area contributed by atoms with Gasteiger partial charge in [-0.25, -0.2) is 0 Å². The fourth-order valence-electron chi connectivity index (χ4n) is 1.70. The van der Waals surface area contributed by atoms with E-state index in [4.69, 9.17) is 4.74 Å². The molecule has 0 atom stereocenters. The summed E-state index contributed by atoms with van der Waals surface area (Å²) in [7, 11) is 1.69. The summed E-state index contributed by atoms with van der Waals surface area (Å²) < 4.78 is 5.24. The minimum atomic E-state index is 0.920. The summed E-state index contributed by atoms with van der Waals surface area (Å²) in [6.45, 7) is 4.03. The molecular weight excluding hydrogens is 198 g/mol. The van der Waals surface area contributed by atoms with E-state index in [1.165, 1.54) is 5.56 Å². The van der Waals surface area contributed by atoms with E-state index in [2.05, 4.69) is 23.2 Å². The van der Waals surface area contributed by atoms with Crippen molar-refractivity contribution in [3.63, 3.8) is 0 Å². The van der Waals surface area contributed by atoms with Crippen molar-refractivity contribution in [2.45, 2.75) is 13.8 Å². The molecule has 2 rings (SSSR count). The molecule has 0 aliphatic heterocycles. The monoisotopic (exact) mass is 213 g/mol. The molecule has 0 N–H and O–H groups in total. The van der Waals surface area contributed by atoms with Gasteiger partial charge in [-0.1, -0.05) is 12.1 Å². The van der Waals surface area contributed by atoms with Crippen molar-refractivity contribution in [1.29, 1.82) is 0 Å². The largest absolute Gasteiger partial charge is 0.496 e. The summed E-state index contributed by atoms with van der Waals surface area (Å²) in [5.74, 6) is 0.920. The van der Waals surface area contributed by atoms with Crippen LogP contribution in [0.1, 0.15) is 11.3 Å². The van der Waals surface area contributed by atoms with Gasteiger partial charge in [0.05, 0.1) is 7.11 Å². The molecule has 0 fully saturated rings. The fourth-order valence-corrected chi connectivity index (χ4v) is 1.70. The highest BCUT2D eigenvalue weighted by Gasteiger charge is 2.02. The van der Waals surface area contributed by atoms with E-state index in [1.54, 1.807) is 7.11 Å². The van der Waals surface area contributed by atoms with Crippen molar-refractivity contribution < 1.29 is 4.74 Å². The third kappa shape index (κ3) is 2.06. The second kappa shape index (κ2) is 4.35. The van der Waals surface area contributed by atoms with Crippen LogP contribution in [0.4, 0.5) is 0 Å². The molecule has 0 aliphatic rings. The van der Waals surface area contributed by atoms with Crippen LogP contribution in [0.15, 0.2) is 36.5 Å². The van der Waals surface area contributed by atoms with Gasteiger partial charge in [0.25, 0.3) is 0 Å². The number of hydrogen-bond donors (Lipinski definition) is 0. The predicted octanol–water partition coefficient (Wildman–Crippen LogP) is 3.37. The van der Waals surface area contributed by atoms with Crippen LogP contribution in [0.2, 0.25) is 0 Å². The third-order valence-electron chi connectivity index (χ3n) is 2.64. The minimum absolute atomic E-state index is 0.920. The quantitative estimate of drug-likeness (QED) is 0.763. The molecule has 0 amide bonds. The Morgan fingerprint density at radius 3 is 2.31 bits per heavy atom. The molecule has 2 aromatic rings. The normalized spacial score (nSPS) is 10.2. The Morgan fingerprint density at radius 2 is 1.75 bits per heavy atom. The molecule has 1 aromatic carbocycles. The van der Waals surface area contributed by atoms with E-state index in [9.17, 15) is 0 Å². The summed E-state index contributed by atoms with van der Waals surface area (Å²) in [5, 5.41) is 0. The van der Waals surface area contributed by atoms with Crippen molar-refractivity contribution >= 4 is 0 Å². The first-order valence-corrected chi connectivity index (χ1v) is 5.28. The molecule has 0 aliphatic carbocycles. The second-order valence-corrected chi connectivity index (χ2v) is 3.87. The molecule has 1 heterocycles. The first-order chi connectivity index (χ1) is 7.70. The summed E-state index contributed by atoms with van der Waals surface area (Å²) >= 11 is 0. The van der Waals surface area contributed by atoms with Gasteiger partial charge in [0.1, 0.15) is 5.75 Å². The highest BCUT2D eigenvalue weighted by Crippen LogP contribution is 2.25. The smallest absolute Gasteiger partial charge is 0.121 e. The zero-order valence-electron chi connectivity index (χ0n) is 9.82. The van der Waals surface area contributed by atoms with Gasteiger partial charge in [-0.15, -0.1) is 0 Å². The van der Waals surface area contributed by atoms with Crippen LogP contribution in [0.5, 0.6) is 5.75 Å². The number of nitrogens with zero attached hydrogens (tertiary/aromatic N) is 1. The highest BCUT2D eigenvalue weighted by atomic mass is 16.5. The van der Waals surface area contributed by atoms with Crippen molar-refractivity contribution in [2.24, 2.45) is 0 Å². The first kappa shape index (κ1) is 10.7. The molecule has 82 valence electrons. The van der Waals surface area contributed by atoms with Gasteiger partial charge in [-0.3, -0.25) is 4.98 Å². The first-order valence-electron chi connectivity index (χ1n) is 5.28. The van der Waals surface area contributed by atoms with Gasteiger partial charge in [0.2, 0.25) is 0 Å². The van der Waals surface area contributed by atoms with Crippen LogP contribution in [-0.2, 0) is 0 Å². The number of rotatable bonds is 2. The Bertz CT molecular complexity index is 489. The molecular formula is C14H15NO. The SMILES string of the molecule is COc1ccc(-c2ccc(C)nc2)cc1C. The minimum Gasteiger partial charge on any atom is -0.496 e. The molecule has 0 saturated carbocycles. The molecule has 1 aromatic heterocycles. The Kier molecular flexibility index (Phi) is 2.91. The number of benzene rings is 1. The van der Waals surface area contributed by atoms with Crippen LogP contribution >= 0.6 is 0 Å². The van der Waals surface area contributed by atoms with Crippen molar-refractivity contribution in [1.82, 2.24) is 4.98 Å². The summed E-state index contributed by atoms with van der Waals surface area (Å²) in [4.78, 5) is 4.30. The average molecular weight is 213 g/mol. The highest BCUT2D eigenvalue weighted by molar-refractivity contribution is 5.64. The molecule has 16 heavy (non-hydrogen) atoms. The number of pyridine rings is 1. The van der Waals surface area contributed by atoms with E-state index >= 15 is 0 Å². The Hall–Kier alpha value is -1.83. The van der Waals surface area contributed by atoms with Gasteiger partial charge in [0.15, 0.2) is 0 Å². The van der Waals surface area contributed by atoms with E-state index < -0.39 is 0 Å². The van der Waals surface area contributed by atoms with Crippen LogP contribution in [0.3, 0.4) is 0 Å². The maximum atomic E-state index is 5.24. The molecule has 2 nitrogen and oxygen atoms in total. The predicted molar refractivity (Wildman–Crippen MR) is 65.7 cm³/mol. The number of hydrogen-bond acceptors (Lipinski definition) is 2. The zero-order valence-corrected chi connectivity index (χ0v) is 9.82. The Balaban J connectivity index is 2.41. The average Bonchev–Trinajstić information content (AvgIpc) is 2.30. The van der Waals surface area contributed by atoms with Gasteiger partial charge >= 0.3 is 0 Å². The molecule has 0 saturated heterocycles. The number of methoxy groups -OCH3 is 1. The van der Waals surface area contributed by atoms with E-state index in [-0.39, 0.29) is 0 Å². The Labute approximate surface area is 95.9 Å². The number of aromatic nitrogens is 1. The standard InChI is InChI=1S/C14H15NO/c1-10-8-12(6-7-14(10)16-3)13-5-4-11(2)15-9-13/h4-9H,1-3H3. The van der Waals surface area contributed by atoms with Crippen LogP contribution in [0.25, 0.3) is 11.1 Å². The third-order valence-corrected chi connectivity index (χ3v) is 2.64. The molecule has 0 spiro atoms. The van der Waals surface area contributed by atoms with Gasteiger partial charge < -0.3 is 4.74 Å². The maximum absolute atomic E-state index is 5.24. The molecule has 0 bridgehead atoms. The summed E-state index contributed by atoms with van der Waals surface area (Å²) in [6, 6.07) is 10.3. The second-order valence-electron chi connectivity index (χ2n) is 3.87. The fraction of sp³-hybridized carbons (Fsp3) is 0.214. The van der Waals surface area contributed by atoms with Crippen molar-refractivity contribution in [2.75, 3.05) is 7.11 Å². The van der Waals surface area contributed by atoms with E-state index in [1.807, 2.05) is 32.2 Å². The van der Waals surface area contributed by atoms with Gasteiger partial charge in [0, 0.05) is 17.5 Å². The van der Waals surface area contributed by atoms with E-state index in [0.29, 0.717) is 0 Å². The lowest BCUT2D eigenvalue weighted by Crippen LogP contribution is -1.88.